The molecule has 1 aliphatic heterocycles. The summed E-state index contributed by atoms with van der Waals surface area (Å²) in [6.45, 7) is 1.46. The summed E-state index contributed by atoms with van der Waals surface area (Å²) in [4.78, 5) is 11.7. The van der Waals surface area contributed by atoms with Gasteiger partial charge in [-0.3, -0.25) is 4.79 Å². The van der Waals surface area contributed by atoms with E-state index in [2.05, 4.69) is 5.32 Å². The molecule has 1 fully saturated rings. The zero-order valence-electron chi connectivity index (χ0n) is 11.4. The van der Waals surface area contributed by atoms with E-state index in [9.17, 15) is 4.79 Å². The number of aryl methyl sites for hydroxylation is 1. The third kappa shape index (κ3) is 4.56. The van der Waals surface area contributed by atoms with E-state index < -0.39 is 0 Å². The predicted molar refractivity (Wildman–Crippen MR) is 73.3 cm³/mol. The van der Waals surface area contributed by atoms with Crippen LogP contribution in [0, 0.1) is 0 Å². The lowest BCUT2D eigenvalue weighted by molar-refractivity contribution is -0.121. The van der Waals surface area contributed by atoms with Crippen LogP contribution in [0.1, 0.15) is 24.8 Å². The number of carbonyl (C=O) groups excluding carboxylic acids is 1. The molecule has 1 N–H and O–H groups in total. The molecule has 104 valence electrons. The number of methoxy groups -OCH3 is 1. The molecule has 19 heavy (non-hydrogen) atoms. The Morgan fingerprint density at radius 3 is 3.16 bits per heavy atom. The van der Waals surface area contributed by atoms with E-state index in [0.29, 0.717) is 13.0 Å². The minimum Gasteiger partial charge on any atom is -0.497 e. The van der Waals surface area contributed by atoms with E-state index in [4.69, 9.17) is 9.47 Å². The molecule has 1 aliphatic rings. The molecule has 0 bridgehead atoms. The first-order chi connectivity index (χ1) is 9.28. The van der Waals surface area contributed by atoms with E-state index in [-0.39, 0.29) is 12.0 Å². The molecule has 1 aromatic carbocycles. The molecule has 0 aromatic heterocycles. The molecule has 4 heteroatoms. The van der Waals surface area contributed by atoms with Crippen LogP contribution >= 0.6 is 0 Å². The van der Waals surface area contributed by atoms with E-state index in [1.165, 1.54) is 0 Å². The van der Waals surface area contributed by atoms with Crippen LogP contribution in [0.4, 0.5) is 0 Å². The van der Waals surface area contributed by atoms with Gasteiger partial charge in [-0.2, -0.15) is 0 Å². The van der Waals surface area contributed by atoms with Crippen molar-refractivity contribution in [3.05, 3.63) is 29.8 Å². The van der Waals surface area contributed by atoms with Crippen LogP contribution in [-0.4, -0.2) is 32.3 Å². The number of carbonyl (C=O) groups is 1. The number of benzene rings is 1. The standard InChI is InChI=1S/C15H21NO3/c1-18-13-5-2-4-12(10-13)7-8-15(17)16-11-14-6-3-9-19-14/h2,4-5,10,14H,3,6-9,11H2,1H3,(H,16,17). The summed E-state index contributed by atoms with van der Waals surface area (Å²) in [5.74, 6) is 0.913. The lowest BCUT2D eigenvalue weighted by atomic mass is 10.1. The first-order valence-corrected chi connectivity index (χ1v) is 6.79. The third-order valence-electron chi connectivity index (χ3n) is 3.33. The summed E-state index contributed by atoms with van der Waals surface area (Å²) in [6, 6.07) is 7.82. The molecule has 4 nitrogen and oxygen atoms in total. The van der Waals surface area contributed by atoms with Crippen molar-refractivity contribution < 1.29 is 14.3 Å². The summed E-state index contributed by atoms with van der Waals surface area (Å²) >= 11 is 0. The second-order valence-electron chi connectivity index (χ2n) is 4.79. The Labute approximate surface area is 114 Å². The largest absolute Gasteiger partial charge is 0.497 e. The van der Waals surface area contributed by atoms with E-state index in [0.717, 1.165) is 37.2 Å². The number of rotatable bonds is 6. The Balaban J connectivity index is 1.70. The van der Waals surface area contributed by atoms with Crippen LogP contribution in [0.25, 0.3) is 0 Å². The SMILES string of the molecule is COc1cccc(CCC(=O)NCC2CCCO2)c1. The fourth-order valence-corrected chi connectivity index (χ4v) is 2.21. The van der Waals surface area contributed by atoms with Crippen molar-refractivity contribution in [3.8, 4) is 5.75 Å². The van der Waals surface area contributed by atoms with Crippen LogP contribution < -0.4 is 10.1 Å². The van der Waals surface area contributed by atoms with Crippen molar-refractivity contribution in [2.75, 3.05) is 20.3 Å². The van der Waals surface area contributed by atoms with E-state index in [1.54, 1.807) is 7.11 Å². The number of hydrogen-bond acceptors (Lipinski definition) is 3. The first-order valence-electron chi connectivity index (χ1n) is 6.79. The average molecular weight is 263 g/mol. The van der Waals surface area contributed by atoms with Crippen LogP contribution in [0.3, 0.4) is 0 Å². The molecule has 1 aromatic rings. The molecular formula is C15H21NO3. The maximum absolute atomic E-state index is 11.7. The highest BCUT2D eigenvalue weighted by Crippen LogP contribution is 2.14. The van der Waals surface area contributed by atoms with Gasteiger partial charge in [-0.25, -0.2) is 0 Å². The molecule has 1 atom stereocenters. The normalized spacial score (nSPS) is 18.3. The number of amides is 1. The second kappa shape index (κ2) is 7.14. The fourth-order valence-electron chi connectivity index (χ4n) is 2.21. The van der Waals surface area contributed by atoms with Gasteiger partial charge in [0.25, 0.3) is 0 Å². The minimum atomic E-state index is 0.0818. The number of hydrogen-bond donors (Lipinski definition) is 1. The van der Waals surface area contributed by atoms with Crippen molar-refractivity contribution in [3.63, 3.8) is 0 Å². The van der Waals surface area contributed by atoms with Crippen molar-refractivity contribution in [2.45, 2.75) is 31.8 Å². The molecule has 1 heterocycles. The van der Waals surface area contributed by atoms with Crippen LogP contribution in [0.15, 0.2) is 24.3 Å². The minimum absolute atomic E-state index is 0.0818. The highest BCUT2D eigenvalue weighted by Gasteiger charge is 2.15. The topological polar surface area (TPSA) is 47.6 Å². The quantitative estimate of drug-likeness (QED) is 0.853. The number of nitrogens with one attached hydrogen (secondary N) is 1. The highest BCUT2D eigenvalue weighted by molar-refractivity contribution is 5.76. The monoisotopic (exact) mass is 263 g/mol. The maximum atomic E-state index is 11.7. The fraction of sp³-hybridized carbons (Fsp3) is 0.533. The van der Waals surface area contributed by atoms with Crippen molar-refractivity contribution in [1.82, 2.24) is 5.32 Å². The molecule has 1 amide bonds. The molecule has 0 aliphatic carbocycles. The summed E-state index contributed by atoms with van der Waals surface area (Å²) < 4.78 is 10.6. The Bertz CT molecular complexity index is 414. The first kappa shape index (κ1) is 13.9. The molecule has 2 rings (SSSR count). The van der Waals surface area contributed by atoms with Gasteiger partial charge in [0.05, 0.1) is 13.2 Å². The van der Waals surface area contributed by atoms with E-state index >= 15 is 0 Å². The van der Waals surface area contributed by atoms with Gasteiger partial charge in [0, 0.05) is 19.6 Å². The molecule has 1 saturated heterocycles. The molecule has 1 unspecified atom stereocenters. The Morgan fingerprint density at radius 2 is 2.42 bits per heavy atom. The number of ether oxygens (including phenoxy) is 2. The Hall–Kier alpha value is -1.55. The highest BCUT2D eigenvalue weighted by atomic mass is 16.5. The van der Waals surface area contributed by atoms with Gasteiger partial charge in [-0.05, 0) is 37.0 Å². The summed E-state index contributed by atoms with van der Waals surface area (Å²) in [6.07, 6.45) is 3.59. The molecule has 0 saturated carbocycles. The summed E-state index contributed by atoms with van der Waals surface area (Å²) in [5, 5.41) is 2.93. The zero-order valence-corrected chi connectivity index (χ0v) is 11.4. The molecule has 0 spiro atoms. The third-order valence-corrected chi connectivity index (χ3v) is 3.33. The summed E-state index contributed by atoms with van der Waals surface area (Å²) in [7, 11) is 1.65. The van der Waals surface area contributed by atoms with Gasteiger partial charge < -0.3 is 14.8 Å². The predicted octanol–water partition coefficient (Wildman–Crippen LogP) is 1.92. The Kier molecular flexibility index (Phi) is 5.21. The Morgan fingerprint density at radius 1 is 1.53 bits per heavy atom. The smallest absolute Gasteiger partial charge is 0.220 e. The molecular weight excluding hydrogens is 242 g/mol. The maximum Gasteiger partial charge on any atom is 0.220 e. The van der Waals surface area contributed by atoms with E-state index in [1.807, 2.05) is 24.3 Å². The average Bonchev–Trinajstić information content (AvgIpc) is 2.96. The van der Waals surface area contributed by atoms with Crippen molar-refractivity contribution in [1.29, 1.82) is 0 Å². The summed E-state index contributed by atoms with van der Waals surface area (Å²) in [5.41, 5.74) is 1.12. The van der Waals surface area contributed by atoms with Crippen molar-refractivity contribution >= 4 is 5.91 Å². The van der Waals surface area contributed by atoms with Crippen molar-refractivity contribution in [2.24, 2.45) is 0 Å². The molecule has 0 radical (unpaired) electrons. The van der Waals surface area contributed by atoms with Gasteiger partial charge in [0.2, 0.25) is 5.91 Å². The lowest BCUT2D eigenvalue weighted by Gasteiger charge is -2.10. The van der Waals surface area contributed by atoms with Gasteiger partial charge in [-0.1, -0.05) is 12.1 Å². The zero-order chi connectivity index (χ0) is 13.5. The van der Waals surface area contributed by atoms with Gasteiger partial charge in [0.1, 0.15) is 5.75 Å². The second-order valence-corrected chi connectivity index (χ2v) is 4.79. The van der Waals surface area contributed by atoms with Crippen LogP contribution in [0.5, 0.6) is 5.75 Å². The van der Waals surface area contributed by atoms with Gasteiger partial charge in [-0.15, -0.1) is 0 Å². The van der Waals surface area contributed by atoms with Crippen LogP contribution in [-0.2, 0) is 16.0 Å². The van der Waals surface area contributed by atoms with Gasteiger partial charge >= 0.3 is 0 Å². The lowest BCUT2D eigenvalue weighted by Crippen LogP contribution is -2.31. The van der Waals surface area contributed by atoms with Crippen LogP contribution in [0.2, 0.25) is 0 Å². The van der Waals surface area contributed by atoms with Gasteiger partial charge in [0.15, 0.2) is 0 Å².